The van der Waals surface area contributed by atoms with Crippen molar-refractivity contribution in [2.24, 2.45) is 5.73 Å². The fraction of sp³-hybridized carbons (Fsp3) is 0.538. The summed E-state index contributed by atoms with van der Waals surface area (Å²) in [5.41, 5.74) is 7.04. The minimum atomic E-state index is 0.425. The number of hydrogen-bond donors (Lipinski definition) is 2. The van der Waals surface area contributed by atoms with E-state index in [0.717, 1.165) is 31.9 Å². The van der Waals surface area contributed by atoms with Crippen molar-refractivity contribution in [3.8, 4) is 5.75 Å². The Bertz CT molecular complexity index is 356. The van der Waals surface area contributed by atoms with Crippen LogP contribution in [0.5, 0.6) is 5.75 Å². The average molecular weight is 235 g/mol. The molecule has 0 bridgehead atoms. The number of piperazine rings is 1. The van der Waals surface area contributed by atoms with Crippen molar-refractivity contribution >= 4 is 0 Å². The van der Waals surface area contributed by atoms with Crippen LogP contribution in [0.15, 0.2) is 24.3 Å². The van der Waals surface area contributed by atoms with Crippen LogP contribution in [0.4, 0.5) is 0 Å². The summed E-state index contributed by atoms with van der Waals surface area (Å²) in [5, 5.41) is 3.38. The minimum absolute atomic E-state index is 0.425. The molecule has 1 atom stereocenters. The van der Waals surface area contributed by atoms with Gasteiger partial charge in [0.1, 0.15) is 5.75 Å². The molecule has 1 aromatic rings. The Balaban J connectivity index is 2.08. The van der Waals surface area contributed by atoms with Crippen LogP contribution in [0, 0.1) is 0 Å². The molecule has 0 aliphatic carbocycles. The summed E-state index contributed by atoms with van der Waals surface area (Å²) >= 11 is 0. The number of nitrogens with zero attached hydrogens (tertiary/aromatic N) is 1. The number of nitrogens with one attached hydrogen (secondary N) is 1. The van der Waals surface area contributed by atoms with E-state index in [0.29, 0.717) is 12.6 Å². The molecule has 17 heavy (non-hydrogen) atoms. The summed E-state index contributed by atoms with van der Waals surface area (Å²) in [5.74, 6) is 0.960. The second-order valence-electron chi connectivity index (χ2n) is 4.38. The molecule has 1 heterocycles. The first kappa shape index (κ1) is 12.4. The molecular weight excluding hydrogens is 214 g/mol. The zero-order valence-corrected chi connectivity index (χ0v) is 10.4. The van der Waals surface area contributed by atoms with Gasteiger partial charge < -0.3 is 15.8 Å². The van der Waals surface area contributed by atoms with Gasteiger partial charge >= 0.3 is 0 Å². The molecule has 1 aliphatic rings. The third kappa shape index (κ3) is 2.97. The van der Waals surface area contributed by atoms with Crippen molar-refractivity contribution in [2.75, 3.05) is 33.3 Å². The highest BCUT2D eigenvalue weighted by Crippen LogP contribution is 2.20. The lowest BCUT2D eigenvalue weighted by molar-refractivity contribution is 0.156. The van der Waals surface area contributed by atoms with Crippen LogP contribution in [0.3, 0.4) is 0 Å². The summed E-state index contributed by atoms with van der Waals surface area (Å²) in [6, 6.07) is 8.61. The monoisotopic (exact) mass is 235 g/mol. The van der Waals surface area contributed by atoms with E-state index in [2.05, 4.69) is 22.3 Å². The Hall–Kier alpha value is -1.10. The van der Waals surface area contributed by atoms with Crippen molar-refractivity contribution in [1.29, 1.82) is 0 Å². The SMILES string of the molecule is COc1ccccc1CN1CCNCC1CN. The van der Waals surface area contributed by atoms with Gasteiger partial charge in [-0.2, -0.15) is 0 Å². The number of para-hydroxylation sites is 1. The largest absolute Gasteiger partial charge is 0.496 e. The Labute approximate surface area is 103 Å². The number of methoxy groups -OCH3 is 1. The van der Waals surface area contributed by atoms with E-state index >= 15 is 0 Å². The molecule has 1 aliphatic heterocycles. The Morgan fingerprint density at radius 3 is 3.06 bits per heavy atom. The van der Waals surface area contributed by atoms with E-state index in [1.165, 1.54) is 5.56 Å². The molecule has 1 unspecified atom stereocenters. The highest BCUT2D eigenvalue weighted by molar-refractivity contribution is 5.33. The second kappa shape index (κ2) is 6.00. The lowest BCUT2D eigenvalue weighted by atomic mass is 10.1. The molecule has 0 aromatic heterocycles. The third-order valence-corrected chi connectivity index (χ3v) is 3.31. The molecule has 4 nitrogen and oxygen atoms in total. The minimum Gasteiger partial charge on any atom is -0.496 e. The summed E-state index contributed by atoms with van der Waals surface area (Å²) in [7, 11) is 1.72. The second-order valence-corrected chi connectivity index (χ2v) is 4.38. The van der Waals surface area contributed by atoms with Crippen molar-refractivity contribution in [3.05, 3.63) is 29.8 Å². The maximum Gasteiger partial charge on any atom is 0.123 e. The van der Waals surface area contributed by atoms with Crippen LogP contribution in [0.2, 0.25) is 0 Å². The molecule has 1 fully saturated rings. The summed E-state index contributed by atoms with van der Waals surface area (Å²) in [6.45, 7) is 4.66. The first-order valence-electron chi connectivity index (χ1n) is 6.12. The standard InChI is InChI=1S/C13H21N3O/c1-17-13-5-3-2-4-11(13)10-16-7-6-15-9-12(16)8-14/h2-5,12,15H,6-10,14H2,1H3. The zero-order valence-electron chi connectivity index (χ0n) is 10.4. The zero-order chi connectivity index (χ0) is 12.1. The Morgan fingerprint density at radius 2 is 2.29 bits per heavy atom. The van der Waals surface area contributed by atoms with Gasteiger partial charge in [0.05, 0.1) is 7.11 Å². The van der Waals surface area contributed by atoms with Crippen molar-refractivity contribution < 1.29 is 4.74 Å². The van der Waals surface area contributed by atoms with Crippen molar-refractivity contribution in [2.45, 2.75) is 12.6 Å². The lowest BCUT2D eigenvalue weighted by Crippen LogP contribution is -2.53. The number of benzene rings is 1. The molecular formula is C13H21N3O. The van der Waals surface area contributed by atoms with Gasteiger partial charge in [-0.25, -0.2) is 0 Å². The maximum atomic E-state index is 5.80. The van der Waals surface area contributed by atoms with Gasteiger partial charge in [-0.3, -0.25) is 4.90 Å². The van der Waals surface area contributed by atoms with Gasteiger partial charge in [0, 0.05) is 44.3 Å². The van der Waals surface area contributed by atoms with E-state index in [1.807, 2.05) is 12.1 Å². The molecule has 94 valence electrons. The molecule has 1 saturated heterocycles. The van der Waals surface area contributed by atoms with Gasteiger partial charge in [0.25, 0.3) is 0 Å². The van der Waals surface area contributed by atoms with Gasteiger partial charge in [0.15, 0.2) is 0 Å². The average Bonchev–Trinajstić information content (AvgIpc) is 2.40. The fourth-order valence-corrected chi connectivity index (χ4v) is 2.30. The predicted molar refractivity (Wildman–Crippen MR) is 69.1 cm³/mol. The fourth-order valence-electron chi connectivity index (χ4n) is 2.30. The maximum absolute atomic E-state index is 5.80. The Kier molecular flexibility index (Phi) is 4.36. The smallest absolute Gasteiger partial charge is 0.123 e. The van der Waals surface area contributed by atoms with E-state index in [4.69, 9.17) is 10.5 Å². The highest BCUT2D eigenvalue weighted by Gasteiger charge is 2.21. The molecule has 0 saturated carbocycles. The lowest BCUT2D eigenvalue weighted by Gasteiger charge is -2.35. The van der Waals surface area contributed by atoms with Crippen LogP contribution in [0.1, 0.15) is 5.56 Å². The predicted octanol–water partition coefficient (Wildman–Crippen LogP) is 0.428. The highest BCUT2D eigenvalue weighted by atomic mass is 16.5. The first-order chi connectivity index (χ1) is 8.35. The number of ether oxygens (including phenoxy) is 1. The molecule has 3 N–H and O–H groups in total. The van der Waals surface area contributed by atoms with Crippen LogP contribution in [-0.2, 0) is 6.54 Å². The molecule has 0 amide bonds. The van der Waals surface area contributed by atoms with Gasteiger partial charge in [-0.1, -0.05) is 18.2 Å². The first-order valence-corrected chi connectivity index (χ1v) is 6.12. The molecule has 1 aromatic carbocycles. The van der Waals surface area contributed by atoms with Crippen LogP contribution in [-0.4, -0.2) is 44.2 Å². The summed E-state index contributed by atoms with van der Waals surface area (Å²) < 4.78 is 5.38. The van der Waals surface area contributed by atoms with E-state index in [-0.39, 0.29) is 0 Å². The van der Waals surface area contributed by atoms with Crippen LogP contribution in [0.25, 0.3) is 0 Å². The number of nitrogens with two attached hydrogens (primary N) is 1. The van der Waals surface area contributed by atoms with Gasteiger partial charge in [0.2, 0.25) is 0 Å². The van der Waals surface area contributed by atoms with E-state index in [9.17, 15) is 0 Å². The van der Waals surface area contributed by atoms with Crippen molar-refractivity contribution in [3.63, 3.8) is 0 Å². The summed E-state index contributed by atoms with van der Waals surface area (Å²) in [6.07, 6.45) is 0. The molecule has 0 radical (unpaired) electrons. The molecule has 0 spiro atoms. The number of hydrogen-bond acceptors (Lipinski definition) is 4. The molecule has 2 rings (SSSR count). The van der Waals surface area contributed by atoms with Gasteiger partial charge in [-0.15, -0.1) is 0 Å². The third-order valence-electron chi connectivity index (χ3n) is 3.31. The van der Waals surface area contributed by atoms with Gasteiger partial charge in [-0.05, 0) is 6.07 Å². The molecule has 4 heteroatoms. The Morgan fingerprint density at radius 1 is 1.47 bits per heavy atom. The summed E-state index contributed by atoms with van der Waals surface area (Å²) in [4.78, 5) is 2.42. The van der Waals surface area contributed by atoms with E-state index in [1.54, 1.807) is 7.11 Å². The number of rotatable bonds is 4. The van der Waals surface area contributed by atoms with Crippen molar-refractivity contribution in [1.82, 2.24) is 10.2 Å². The van der Waals surface area contributed by atoms with Crippen LogP contribution < -0.4 is 15.8 Å². The quantitative estimate of drug-likeness (QED) is 0.794. The van der Waals surface area contributed by atoms with E-state index < -0.39 is 0 Å². The van der Waals surface area contributed by atoms with Crippen LogP contribution >= 0.6 is 0 Å². The normalized spacial score (nSPS) is 21.4. The topological polar surface area (TPSA) is 50.5 Å².